The lowest BCUT2D eigenvalue weighted by atomic mass is 10.0. The van der Waals surface area contributed by atoms with E-state index in [4.69, 9.17) is 9.88 Å². The third kappa shape index (κ3) is 5.28. The van der Waals surface area contributed by atoms with E-state index in [9.17, 15) is 18.0 Å². The van der Waals surface area contributed by atoms with Gasteiger partial charge >= 0.3 is 0 Å². The van der Waals surface area contributed by atoms with Crippen molar-refractivity contribution in [1.29, 1.82) is 0 Å². The molecule has 1 aliphatic rings. The number of amides is 1. The maximum Gasteiger partial charge on any atom is 0.257 e. The number of hydrogen-bond donors (Lipinski definition) is 2. The number of hydrogen-bond acceptors (Lipinski definition) is 6. The number of benzene rings is 3. The first-order valence-corrected chi connectivity index (χ1v) is 11.9. The lowest BCUT2D eigenvalue weighted by Crippen LogP contribution is -2.37. The van der Waals surface area contributed by atoms with Gasteiger partial charge < -0.3 is 15.0 Å². The summed E-state index contributed by atoms with van der Waals surface area (Å²) in [7, 11) is -4.00. The highest BCUT2D eigenvalue weighted by atomic mass is 32.2. The number of carbonyl (C=O) groups is 2. The molecular weight excluding hydrogens is 442 g/mol. The van der Waals surface area contributed by atoms with Gasteiger partial charge in [-0.05, 0) is 30.3 Å². The highest BCUT2D eigenvalue weighted by Gasteiger charge is 2.22. The number of rotatable bonds is 6. The highest BCUT2D eigenvalue weighted by molar-refractivity contribution is 7.89. The Morgan fingerprint density at radius 2 is 1.58 bits per heavy atom. The molecule has 33 heavy (non-hydrogen) atoms. The molecule has 0 atom stereocenters. The van der Waals surface area contributed by atoms with Crippen molar-refractivity contribution in [3.8, 4) is 0 Å². The van der Waals surface area contributed by atoms with Gasteiger partial charge in [-0.1, -0.05) is 42.5 Å². The molecule has 3 aromatic rings. The Hall–Kier alpha value is -3.53. The largest absolute Gasteiger partial charge is 0.378 e. The van der Waals surface area contributed by atoms with E-state index in [0.29, 0.717) is 48.8 Å². The molecule has 0 radical (unpaired) electrons. The second kappa shape index (κ2) is 9.53. The average molecular weight is 466 g/mol. The van der Waals surface area contributed by atoms with E-state index in [2.05, 4.69) is 5.32 Å². The van der Waals surface area contributed by atoms with Crippen molar-refractivity contribution >= 4 is 33.1 Å². The van der Waals surface area contributed by atoms with Gasteiger partial charge in [-0.25, -0.2) is 13.6 Å². The van der Waals surface area contributed by atoms with Gasteiger partial charge in [0.25, 0.3) is 5.91 Å². The SMILES string of the molecule is NS(=O)(=O)c1ccc(N2CCOCC2)c(C(=O)Nc2cccc(C(=O)c3ccccc3)c2)c1. The lowest BCUT2D eigenvalue weighted by Gasteiger charge is -2.30. The van der Waals surface area contributed by atoms with Crippen molar-refractivity contribution in [2.45, 2.75) is 4.90 Å². The molecule has 3 N–H and O–H groups in total. The van der Waals surface area contributed by atoms with Crippen molar-refractivity contribution in [1.82, 2.24) is 0 Å². The zero-order valence-corrected chi connectivity index (χ0v) is 18.5. The van der Waals surface area contributed by atoms with Crippen molar-refractivity contribution in [2.75, 3.05) is 36.5 Å². The molecule has 1 aliphatic heterocycles. The molecule has 4 rings (SSSR count). The Balaban J connectivity index is 1.64. The second-order valence-corrected chi connectivity index (χ2v) is 9.11. The third-order valence-electron chi connectivity index (χ3n) is 5.31. The number of ketones is 1. The maximum atomic E-state index is 13.2. The van der Waals surface area contributed by atoms with Crippen LogP contribution in [0.1, 0.15) is 26.3 Å². The van der Waals surface area contributed by atoms with Crippen molar-refractivity contribution in [3.05, 3.63) is 89.5 Å². The molecule has 0 saturated carbocycles. The molecule has 0 unspecified atom stereocenters. The van der Waals surface area contributed by atoms with Crippen LogP contribution in [0.3, 0.4) is 0 Å². The fraction of sp³-hybridized carbons (Fsp3) is 0.167. The summed E-state index contributed by atoms with van der Waals surface area (Å²) in [6, 6.07) is 19.7. The number of ether oxygens (including phenoxy) is 1. The van der Waals surface area contributed by atoms with Crippen LogP contribution in [-0.4, -0.2) is 46.4 Å². The summed E-state index contributed by atoms with van der Waals surface area (Å²) in [6.45, 7) is 2.13. The quantitative estimate of drug-likeness (QED) is 0.540. The van der Waals surface area contributed by atoms with E-state index in [0.717, 1.165) is 0 Å². The number of nitrogens with one attached hydrogen (secondary N) is 1. The molecule has 1 heterocycles. The first kappa shape index (κ1) is 22.7. The van der Waals surface area contributed by atoms with Crippen molar-refractivity contribution in [2.24, 2.45) is 5.14 Å². The van der Waals surface area contributed by atoms with E-state index in [1.165, 1.54) is 12.1 Å². The van der Waals surface area contributed by atoms with Crippen LogP contribution in [0.5, 0.6) is 0 Å². The first-order valence-electron chi connectivity index (χ1n) is 10.3. The van der Waals surface area contributed by atoms with Crippen LogP contribution in [0.4, 0.5) is 11.4 Å². The Morgan fingerprint density at radius 3 is 2.27 bits per heavy atom. The summed E-state index contributed by atoms with van der Waals surface area (Å²) in [5.41, 5.74) is 2.13. The second-order valence-electron chi connectivity index (χ2n) is 7.55. The van der Waals surface area contributed by atoms with Gasteiger partial charge in [0.15, 0.2) is 5.78 Å². The topological polar surface area (TPSA) is 119 Å². The van der Waals surface area contributed by atoms with Gasteiger partial charge in [-0.2, -0.15) is 0 Å². The Bertz CT molecular complexity index is 1290. The maximum absolute atomic E-state index is 13.2. The molecule has 1 saturated heterocycles. The van der Waals surface area contributed by atoms with Gasteiger partial charge in [0.1, 0.15) is 0 Å². The first-order chi connectivity index (χ1) is 15.8. The molecule has 1 fully saturated rings. The van der Waals surface area contributed by atoms with Gasteiger partial charge in [0.2, 0.25) is 10.0 Å². The van der Waals surface area contributed by atoms with Crippen LogP contribution in [0.15, 0.2) is 77.7 Å². The van der Waals surface area contributed by atoms with Gasteiger partial charge in [0.05, 0.1) is 23.7 Å². The monoisotopic (exact) mass is 465 g/mol. The van der Waals surface area contributed by atoms with Gasteiger partial charge in [-0.15, -0.1) is 0 Å². The van der Waals surface area contributed by atoms with Crippen LogP contribution in [-0.2, 0) is 14.8 Å². The Morgan fingerprint density at radius 1 is 0.879 bits per heavy atom. The summed E-state index contributed by atoms with van der Waals surface area (Å²) < 4.78 is 29.1. The van der Waals surface area contributed by atoms with Gasteiger partial charge in [0, 0.05) is 35.6 Å². The van der Waals surface area contributed by atoms with E-state index in [1.807, 2.05) is 11.0 Å². The van der Waals surface area contributed by atoms with E-state index < -0.39 is 15.9 Å². The van der Waals surface area contributed by atoms with Crippen LogP contribution in [0.25, 0.3) is 0 Å². The fourth-order valence-corrected chi connectivity index (χ4v) is 4.19. The summed E-state index contributed by atoms with van der Waals surface area (Å²) in [5.74, 6) is -0.678. The third-order valence-corrected chi connectivity index (χ3v) is 6.22. The molecule has 0 spiro atoms. The summed E-state index contributed by atoms with van der Waals surface area (Å²) in [4.78, 5) is 27.8. The molecule has 9 heteroatoms. The summed E-state index contributed by atoms with van der Waals surface area (Å²) in [5, 5.41) is 8.06. The summed E-state index contributed by atoms with van der Waals surface area (Å²) >= 11 is 0. The minimum absolute atomic E-state index is 0.155. The zero-order chi connectivity index (χ0) is 23.4. The molecule has 8 nitrogen and oxygen atoms in total. The average Bonchev–Trinajstić information content (AvgIpc) is 2.84. The number of sulfonamides is 1. The fourth-order valence-electron chi connectivity index (χ4n) is 3.65. The van der Waals surface area contributed by atoms with Crippen molar-refractivity contribution < 1.29 is 22.7 Å². The number of nitrogens with two attached hydrogens (primary N) is 1. The smallest absolute Gasteiger partial charge is 0.257 e. The van der Waals surface area contributed by atoms with Crippen LogP contribution in [0.2, 0.25) is 0 Å². The van der Waals surface area contributed by atoms with Crippen molar-refractivity contribution in [3.63, 3.8) is 0 Å². The lowest BCUT2D eigenvalue weighted by molar-refractivity contribution is 0.101. The van der Waals surface area contributed by atoms with Crippen LogP contribution < -0.4 is 15.4 Å². The standard InChI is InChI=1S/C24H23N3O5S/c25-33(30,31)20-9-10-22(27-11-13-32-14-12-27)21(16-20)24(29)26-19-8-4-7-18(15-19)23(28)17-5-2-1-3-6-17/h1-10,15-16H,11-14H2,(H,26,29)(H2,25,30,31). The highest BCUT2D eigenvalue weighted by Crippen LogP contribution is 2.26. The molecule has 170 valence electrons. The molecule has 0 aliphatic carbocycles. The molecule has 3 aromatic carbocycles. The minimum Gasteiger partial charge on any atom is -0.378 e. The van der Waals surface area contributed by atoms with Crippen LogP contribution >= 0.6 is 0 Å². The summed E-state index contributed by atoms with van der Waals surface area (Å²) in [6.07, 6.45) is 0. The zero-order valence-electron chi connectivity index (χ0n) is 17.7. The number of primary sulfonamides is 1. The molecule has 0 bridgehead atoms. The van der Waals surface area contributed by atoms with E-state index >= 15 is 0 Å². The Labute approximate surface area is 192 Å². The number of nitrogens with zero attached hydrogens (tertiary/aromatic N) is 1. The molecule has 1 amide bonds. The van der Waals surface area contributed by atoms with Gasteiger partial charge in [-0.3, -0.25) is 9.59 Å². The predicted octanol–water partition coefficient (Wildman–Crippen LogP) is 2.65. The minimum atomic E-state index is -4.00. The predicted molar refractivity (Wildman–Crippen MR) is 125 cm³/mol. The normalized spacial score (nSPS) is 14.0. The number of carbonyl (C=O) groups excluding carboxylic acids is 2. The van der Waals surface area contributed by atoms with E-state index in [1.54, 1.807) is 54.6 Å². The van der Waals surface area contributed by atoms with Crippen LogP contribution in [0, 0.1) is 0 Å². The van der Waals surface area contributed by atoms with E-state index in [-0.39, 0.29) is 16.2 Å². The number of anilines is 2. The number of morpholine rings is 1. The Kier molecular flexibility index (Phi) is 6.55. The molecule has 0 aromatic heterocycles. The molecular formula is C24H23N3O5S.